The topological polar surface area (TPSA) is 20.2 Å². The van der Waals surface area contributed by atoms with E-state index in [1.807, 2.05) is 0 Å². The van der Waals surface area contributed by atoms with Gasteiger partial charge in [-0.15, -0.1) is 0 Å². The van der Waals surface area contributed by atoms with E-state index in [-0.39, 0.29) is 16.9 Å². The minimum absolute atomic E-state index is 0.00581. The first-order valence-electron chi connectivity index (χ1n) is 6.07. The summed E-state index contributed by atoms with van der Waals surface area (Å²) in [5.74, 6) is 0.611. The zero-order chi connectivity index (χ0) is 11.5. The van der Waals surface area contributed by atoms with E-state index in [2.05, 4.69) is 46.8 Å². The molecule has 0 bridgehead atoms. The molecule has 2 rings (SSSR count). The SMILES string of the molecule is CC1(C)CC=C[C@]2(C)[C@H]1C[C@H](O)C2(C)C. The summed E-state index contributed by atoms with van der Waals surface area (Å²) in [7, 11) is 0. The fraction of sp³-hybridized carbons (Fsp3) is 0.857. The van der Waals surface area contributed by atoms with Gasteiger partial charge in [0.1, 0.15) is 0 Å². The number of aliphatic hydroxyl groups excluding tert-OH is 1. The second kappa shape index (κ2) is 2.88. The van der Waals surface area contributed by atoms with E-state index in [0.717, 1.165) is 12.8 Å². The summed E-state index contributed by atoms with van der Waals surface area (Å²) in [6, 6.07) is 0. The van der Waals surface area contributed by atoms with E-state index in [0.29, 0.717) is 11.3 Å². The third kappa shape index (κ3) is 1.25. The fourth-order valence-corrected chi connectivity index (χ4v) is 3.78. The molecule has 1 N–H and O–H groups in total. The average molecular weight is 208 g/mol. The number of allylic oxidation sites excluding steroid dienone is 2. The highest BCUT2D eigenvalue weighted by atomic mass is 16.3. The third-order valence-electron chi connectivity index (χ3n) is 5.46. The second-order valence-electron chi connectivity index (χ2n) is 6.90. The van der Waals surface area contributed by atoms with Crippen LogP contribution in [0.3, 0.4) is 0 Å². The zero-order valence-corrected chi connectivity index (χ0v) is 10.7. The zero-order valence-electron chi connectivity index (χ0n) is 10.7. The standard InChI is InChI=1S/C14H24O/c1-12(2)7-6-8-14(5)10(12)9-11(15)13(14,3)4/h6,8,10-11,15H,7,9H2,1-5H3/t10-,11-,14+/m0/s1. The Labute approximate surface area is 93.6 Å². The Morgan fingerprint density at radius 2 is 1.73 bits per heavy atom. The summed E-state index contributed by atoms with van der Waals surface area (Å²) in [5.41, 5.74) is 0.498. The molecule has 2 aliphatic carbocycles. The van der Waals surface area contributed by atoms with Gasteiger partial charge in [0.05, 0.1) is 6.10 Å². The van der Waals surface area contributed by atoms with Crippen molar-refractivity contribution >= 4 is 0 Å². The van der Waals surface area contributed by atoms with Crippen LogP contribution in [0.15, 0.2) is 12.2 Å². The maximum absolute atomic E-state index is 10.3. The lowest BCUT2D eigenvalue weighted by molar-refractivity contribution is 0.0108. The average Bonchev–Trinajstić information content (AvgIpc) is 2.26. The Kier molecular flexibility index (Phi) is 2.15. The Morgan fingerprint density at radius 1 is 1.13 bits per heavy atom. The highest BCUT2D eigenvalue weighted by Crippen LogP contribution is 2.64. The van der Waals surface area contributed by atoms with E-state index < -0.39 is 0 Å². The molecule has 15 heavy (non-hydrogen) atoms. The molecule has 2 aliphatic rings. The van der Waals surface area contributed by atoms with Crippen LogP contribution in [0, 0.1) is 22.2 Å². The fourth-order valence-electron chi connectivity index (χ4n) is 3.78. The first kappa shape index (κ1) is 11.2. The van der Waals surface area contributed by atoms with Gasteiger partial charge in [-0.05, 0) is 35.0 Å². The molecule has 0 spiro atoms. The first-order chi connectivity index (χ1) is 6.72. The molecular weight excluding hydrogens is 184 g/mol. The molecule has 1 heteroatoms. The molecule has 0 saturated heterocycles. The highest BCUT2D eigenvalue weighted by Gasteiger charge is 2.60. The minimum atomic E-state index is -0.158. The summed E-state index contributed by atoms with van der Waals surface area (Å²) in [6.07, 6.45) is 6.63. The largest absolute Gasteiger partial charge is 0.393 e. The number of fused-ring (bicyclic) bond motifs is 1. The summed E-state index contributed by atoms with van der Waals surface area (Å²) in [6.45, 7) is 11.4. The lowest BCUT2D eigenvalue weighted by atomic mass is 9.55. The van der Waals surface area contributed by atoms with Crippen LogP contribution in [0.1, 0.15) is 47.5 Å². The lowest BCUT2D eigenvalue weighted by Crippen LogP contribution is -2.43. The van der Waals surface area contributed by atoms with Gasteiger partial charge < -0.3 is 5.11 Å². The van der Waals surface area contributed by atoms with Crippen LogP contribution in [0.4, 0.5) is 0 Å². The van der Waals surface area contributed by atoms with Crippen LogP contribution in [0.5, 0.6) is 0 Å². The Bertz CT molecular complexity index is 300. The van der Waals surface area contributed by atoms with Gasteiger partial charge >= 0.3 is 0 Å². The van der Waals surface area contributed by atoms with Gasteiger partial charge in [0, 0.05) is 0 Å². The molecule has 0 radical (unpaired) electrons. The smallest absolute Gasteiger partial charge is 0.0602 e. The van der Waals surface area contributed by atoms with E-state index in [4.69, 9.17) is 0 Å². The Balaban J connectivity index is 2.49. The van der Waals surface area contributed by atoms with Crippen LogP contribution in [-0.4, -0.2) is 11.2 Å². The van der Waals surface area contributed by atoms with E-state index in [1.165, 1.54) is 0 Å². The highest BCUT2D eigenvalue weighted by molar-refractivity contribution is 5.21. The number of hydrogen-bond acceptors (Lipinski definition) is 1. The van der Waals surface area contributed by atoms with Gasteiger partial charge in [-0.1, -0.05) is 46.8 Å². The van der Waals surface area contributed by atoms with Crippen LogP contribution >= 0.6 is 0 Å². The van der Waals surface area contributed by atoms with Crippen LogP contribution < -0.4 is 0 Å². The second-order valence-corrected chi connectivity index (χ2v) is 6.90. The Hall–Kier alpha value is -0.300. The summed E-state index contributed by atoms with van der Waals surface area (Å²) < 4.78 is 0. The molecule has 1 nitrogen and oxygen atoms in total. The van der Waals surface area contributed by atoms with Gasteiger partial charge in [-0.2, -0.15) is 0 Å². The quantitative estimate of drug-likeness (QED) is 0.605. The molecule has 1 saturated carbocycles. The molecule has 0 heterocycles. The predicted molar refractivity (Wildman–Crippen MR) is 63.5 cm³/mol. The molecule has 3 atom stereocenters. The molecule has 0 amide bonds. The number of aliphatic hydroxyl groups is 1. The van der Waals surface area contributed by atoms with Crippen molar-refractivity contribution in [2.45, 2.75) is 53.6 Å². The van der Waals surface area contributed by atoms with Crippen molar-refractivity contribution in [1.82, 2.24) is 0 Å². The van der Waals surface area contributed by atoms with Gasteiger partial charge in [0.25, 0.3) is 0 Å². The molecule has 0 aromatic heterocycles. The predicted octanol–water partition coefficient (Wildman–Crippen LogP) is 3.39. The van der Waals surface area contributed by atoms with E-state index in [1.54, 1.807) is 0 Å². The molecule has 86 valence electrons. The van der Waals surface area contributed by atoms with Gasteiger partial charge in [-0.3, -0.25) is 0 Å². The van der Waals surface area contributed by atoms with E-state index >= 15 is 0 Å². The molecule has 0 aliphatic heterocycles. The maximum atomic E-state index is 10.3. The van der Waals surface area contributed by atoms with Gasteiger partial charge in [-0.25, -0.2) is 0 Å². The minimum Gasteiger partial charge on any atom is -0.393 e. The third-order valence-corrected chi connectivity index (χ3v) is 5.46. The van der Waals surface area contributed by atoms with Crippen molar-refractivity contribution in [3.63, 3.8) is 0 Å². The maximum Gasteiger partial charge on any atom is 0.0602 e. The normalized spacial score (nSPS) is 46.5. The molecule has 0 aromatic rings. The van der Waals surface area contributed by atoms with Gasteiger partial charge in [0.2, 0.25) is 0 Å². The van der Waals surface area contributed by atoms with Crippen LogP contribution in [0.25, 0.3) is 0 Å². The van der Waals surface area contributed by atoms with Crippen molar-refractivity contribution in [2.75, 3.05) is 0 Å². The van der Waals surface area contributed by atoms with Crippen molar-refractivity contribution in [2.24, 2.45) is 22.2 Å². The summed E-state index contributed by atoms with van der Waals surface area (Å²) in [5, 5.41) is 10.3. The molecular formula is C14H24O. The number of rotatable bonds is 0. The van der Waals surface area contributed by atoms with E-state index in [9.17, 15) is 5.11 Å². The van der Waals surface area contributed by atoms with Crippen LogP contribution in [-0.2, 0) is 0 Å². The molecule has 1 fully saturated rings. The van der Waals surface area contributed by atoms with Crippen molar-refractivity contribution in [3.8, 4) is 0 Å². The first-order valence-corrected chi connectivity index (χ1v) is 6.07. The number of hydrogen-bond donors (Lipinski definition) is 1. The molecule has 0 unspecified atom stereocenters. The van der Waals surface area contributed by atoms with Crippen molar-refractivity contribution in [3.05, 3.63) is 12.2 Å². The monoisotopic (exact) mass is 208 g/mol. The van der Waals surface area contributed by atoms with Crippen LogP contribution in [0.2, 0.25) is 0 Å². The van der Waals surface area contributed by atoms with Crippen molar-refractivity contribution < 1.29 is 5.11 Å². The lowest BCUT2D eigenvalue weighted by Gasteiger charge is -2.49. The van der Waals surface area contributed by atoms with Crippen molar-refractivity contribution in [1.29, 1.82) is 0 Å². The van der Waals surface area contributed by atoms with Gasteiger partial charge in [0.15, 0.2) is 0 Å². The summed E-state index contributed by atoms with van der Waals surface area (Å²) in [4.78, 5) is 0. The summed E-state index contributed by atoms with van der Waals surface area (Å²) >= 11 is 0. The Morgan fingerprint density at radius 3 is 2.27 bits per heavy atom. The molecule has 0 aromatic carbocycles.